The molecule has 0 fully saturated rings. The van der Waals surface area contributed by atoms with Crippen molar-refractivity contribution in [3.05, 3.63) is 66.1 Å². The van der Waals surface area contributed by atoms with Gasteiger partial charge in [-0.1, -0.05) is 41.6 Å². The van der Waals surface area contributed by atoms with Crippen LogP contribution in [-0.4, -0.2) is 25.0 Å². The van der Waals surface area contributed by atoms with E-state index in [1.54, 1.807) is 22.8 Å². The third-order valence-electron chi connectivity index (χ3n) is 4.51. The van der Waals surface area contributed by atoms with Gasteiger partial charge < -0.3 is 4.52 Å². The molecule has 0 aliphatic carbocycles. The van der Waals surface area contributed by atoms with E-state index in [2.05, 4.69) is 26.5 Å². The molecule has 0 unspecified atom stereocenters. The average Bonchev–Trinajstić information content (AvgIpc) is 3.31. The second kappa shape index (κ2) is 5.75. The summed E-state index contributed by atoms with van der Waals surface area (Å²) in [5.74, 6) is 1.18. The average molecular weight is 352 g/mol. The molecule has 0 spiro atoms. The van der Waals surface area contributed by atoms with Crippen LogP contribution in [0, 0.1) is 18.3 Å². The lowest BCUT2D eigenvalue weighted by Gasteiger charge is -2.03. The Bertz CT molecular complexity index is 1340. The summed E-state index contributed by atoms with van der Waals surface area (Å²) in [6.07, 6.45) is 1.74. The largest absolute Gasteiger partial charge is 0.360 e. The lowest BCUT2D eigenvalue weighted by Crippen LogP contribution is -1.97. The van der Waals surface area contributed by atoms with Gasteiger partial charge in [-0.3, -0.25) is 0 Å². The van der Waals surface area contributed by atoms with Crippen molar-refractivity contribution < 1.29 is 4.52 Å². The second-order valence-corrected chi connectivity index (χ2v) is 6.15. The SMILES string of the molecule is Cc1onc(-c2ccccc2)c1-c1nnc2c3cc(C#N)ccc3cnn12. The Labute approximate surface area is 153 Å². The molecule has 0 amide bonds. The van der Waals surface area contributed by atoms with Crippen LogP contribution in [0.4, 0.5) is 0 Å². The minimum atomic E-state index is 0.548. The van der Waals surface area contributed by atoms with Crippen molar-refractivity contribution >= 4 is 16.4 Å². The molecule has 0 saturated heterocycles. The molecule has 2 aromatic carbocycles. The van der Waals surface area contributed by atoms with Crippen LogP contribution in [0.3, 0.4) is 0 Å². The molecule has 0 saturated carbocycles. The maximum atomic E-state index is 9.19. The summed E-state index contributed by atoms with van der Waals surface area (Å²) < 4.78 is 7.11. The second-order valence-electron chi connectivity index (χ2n) is 6.15. The zero-order valence-corrected chi connectivity index (χ0v) is 14.3. The number of nitriles is 1. The van der Waals surface area contributed by atoms with Crippen molar-refractivity contribution in [1.29, 1.82) is 5.26 Å². The Morgan fingerprint density at radius 3 is 2.74 bits per heavy atom. The lowest BCUT2D eigenvalue weighted by atomic mass is 10.1. The summed E-state index contributed by atoms with van der Waals surface area (Å²) in [5, 5.41) is 28.3. The van der Waals surface area contributed by atoms with Gasteiger partial charge in [0.15, 0.2) is 11.5 Å². The summed E-state index contributed by atoms with van der Waals surface area (Å²) in [4.78, 5) is 0. The highest BCUT2D eigenvalue weighted by molar-refractivity contribution is 5.95. The third kappa shape index (κ3) is 2.28. The standard InChI is InChI=1S/C20H12N6O/c1-12-17(18(25-27-12)14-5-3-2-4-6-14)20-24-23-19-16-9-13(10-21)7-8-15(16)11-22-26(19)20/h2-9,11H,1H3. The molecule has 0 radical (unpaired) electrons. The van der Waals surface area contributed by atoms with Crippen molar-refractivity contribution in [3.63, 3.8) is 0 Å². The smallest absolute Gasteiger partial charge is 0.191 e. The molecule has 0 aliphatic rings. The maximum Gasteiger partial charge on any atom is 0.191 e. The molecular formula is C20H12N6O. The molecule has 0 bridgehead atoms. The number of benzene rings is 2. The third-order valence-corrected chi connectivity index (χ3v) is 4.51. The van der Waals surface area contributed by atoms with Gasteiger partial charge in [-0.25, -0.2) is 0 Å². The first kappa shape index (κ1) is 15.2. The fourth-order valence-electron chi connectivity index (χ4n) is 3.19. The van der Waals surface area contributed by atoms with Crippen LogP contribution in [0.25, 0.3) is 39.1 Å². The summed E-state index contributed by atoms with van der Waals surface area (Å²) in [5.41, 5.74) is 3.51. The Morgan fingerprint density at radius 1 is 1.07 bits per heavy atom. The fraction of sp³-hybridized carbons (Fsp3) is 0.0500. The number of aromatic nitrogens is 5. The van der Waals surface area contributed by atoms with E-state index in [0.717, 1.165) is 21.9 Å². The summed E-state index contributed by atoms with van der Waals surface area (Å²) in [7, 11) is 0. The summed E-state index contributed by atoms with van der Waals surface area (Å²) in [6, 6.07) is 17.3. The molecule has 0 N–H and O–H groups in total. The zero-order chi connectivity index (χ0) is 18.4. The van der Waals surface area contributed by atoms with E-state index in [1.807, 2.05) is 43.3 Å². The number of rotatable bonds is 2. The van der Waals surface area contributed by atoms with E-state index in [1.165, 1.54) is 0 Å². The topological polar surface area (TPSA) is 92.9 Å². The van der Waals surface area contributed by atoms with Gasteiger partial charge in [-0.05, 0) is 19.1 Å². The molecule has 7 heteroatoms. The zero-order valence-electron chi connectivity index (χ0n) is 14.3. The van der Waals surface area contributed by atoms with Gasteiger partial charge in [-0.2, -0.15) is 14.9 Å². The van der Waals surface area contributed by atoms with Gasteiger partial charge in [0.25, 0.3) is 0 Å². The maximum absolute atomic E-state index is 9.19. The van der Waals surface area contributed by atoms with Crippen LogP contribution < -0.4 is 0 Å². The van der Waals surface area contributed by atoms with Crippen LogP contribution in [-0.2, 0) is 0 Å². The molecule has 5 rings (SSSR count). The van der Waals surface area contributed by atoms with E-state index >= 15 is 0 Å². The number of aryl methyl sites for hydroxylation is 1. The molecule has 7 nitrogen and oxygen atoms in total. The van der Waals surface area contributed by atoms with E-state index < -0.39 is 0 Å². The van der Waals surface area contributed by atoms with Crippen LogP contribution in [0.5, 0.6) is 0 Å². The van der Waals surface area contributed by atoms with Crippen molar-refractivity contribution in [3.8, 4) is 28.7 Å². The first-order valence-electron chi connectivity index (χ1n) is 8.32. The summed E-state index contributed by atoms with van der Waals surface area (Å²) in [6.45, 7) is 1.84. The van der Waals surface area contributed by atoms with Crippen molar-refractivity contribution in [2.75, 3.05) is 0 Å². The normalized spacial score (nSPS) is 11.1. The number of hydrogen-bond acceptors (Lipinski definition) is 6. The van der Waals surface area contributed by atoms with Crippen molar-refractivity contribution in [2.24, 2.45) is 0 Å². The molecule has 0 atom stereocenters. The molecule has 5 aromatic rings. The van der Waals surface area contributed by atoms with Crippen LogP contribution in [0.2, 0.25) is 0 Å². The molecule has 3 heterocycles. The molecule has 0 aliphatic heterocycles. The number of fused-ring (bicyclic) bond motifs is 3. The quantitative estimate of drug-likeness (QED) is 0.480. The predicted molar refractivity (Wildman–Crippen MR) is 98.7 cm³/mol. The highest BCUT2D eigenvalue weighted by atomic mass is 16.5. The van der Waals surface area contributed by atoms with Gasteiger partial charge in [0.05, 0.1) is 23.4 Å². The Balaban J connectivity index is 1.80. The Hall–Kier alpha value is -4.05. The van der Waals surface area contributed by atoms with Gasteiger partial charge in [0.1, 0.15) is 11.5 Å². The molecular weight excluding hydrogens is 340 g/mol. The number of nitrogens with zero attached hydrogens (tertiary/aromatic N) is 6. The first-order valence-corrected chi connectivity index (χ1v) is 8.32. The number of hydrogen-bond donors (Lipinski definition) is 0. The Kier molecular flexibility index (Phi) is 3.24. The van der Waals surface area contributed by atoms with Gasteiger partial charge in [0.2, 0.25) is 0 Å². The lowest BCUT2D eigenvalue weighted by molar-refractivity contribution is 0.400. The monoisotopic (exact) mass is 352 g/mol. The highest BCUT2D eigenvalue weighted by Gasteiger charge is 2.22. The van der Waals surface area contributed by atoms with Gasteiger partial charge >= 0.3 is 0 Å². The van der Waals surface area contributed by atoms with E-state index in [-0.39, 0.29) is 0 Å². The van der Waals surface area contributed by atoms with Gasteiger partial charge in [-0.15, -0.1) is 10.2 Å². The van der Waals surface area contributed by atoms with Gasteiger partial charge in [0, 0.05) is 16.3 Å². The van der Waals surface area contributed by atoms with E-state index in [0.29, 0.717) is 28.5 Å². The Morgan fingerprint density at radius 2 is 1.93 bits per heavy atom. The minimum Gasteiger partial charge on any atom is -0.360 e. The molecule has 128 valence electrons. The van der Waals surface area contributed by atoms with Crippen LogP contribution >= 0.6 is 0 Å². The van der Waals surface area contributed by atoms with Crippen molar-refractivity contribution in [2.45, 2.75) is 6.92 Å². The first-order chi connectivity index (χ1) is 13.3. The molecule has 27 heavy (non-hydrogen) atoms. The summed E-state index contributed by atoms with van der Waals surface area (Å²) >= 11 is 0. The predicted octanol–water partition coefficient (Wildman–Crippen LogP) is 3.78. The fourth-order valence-corrected chi connectivity index (χ4v) is 3.19. The van der Waals surface area contributed by atoms with E-state index in [4.69, 9.17) is 4.52 Å². The van der Waals surface area contributed by atoms with Crippen LogP contribution in [0.1, 0.15) is 11.3 Å². The minimum absolute atomic E-state index is 0.548. The molecule has 3 aromatic heterocycles. The van der Waals surface area contributed by atoms with E-state index in [9.17, 15) is 5.26 Å². The van der Waals surface area contributed by atoms with Crippen molar-refractivity contribution in [1.82, 2.24) is 25.0 Å². The highest BCUT2D eigenvalue weighted by Crippen LogP contribution is 2.33. The van der Waals surface area contributed by atoms with Crippen LogP contribution in [0.15, 0.2) is 59.3 Å².